The van der Waals surface area contributed by atoms with Crippen molar-refractivity contribution in [2.75, 3.05) is 7.11 Å². The van der Waals surface area contributed by atoms with Crippen molar-refractivity contribution in [2.24, 2.45) is 0 Å². The van der Waals surface area contributed by atoms with Crippen LogP contribution in [-0.2, 0) is 4.84 Å². The summed E-state index contributed by atoms with van der Waals surface area (Å²) in [6.07, 6.45) is 1.44. The van der Waals surface area contributed by atoms with Crippen molar-refractivity contribution in [3.05, 3.63) is 23.5 Å². The molecule has 0 saturated carbocycles. The topological polar surface area (TPSA) is 77.9 Å². The van der Waals surface area contributed by atoms with Gasteiger partial charge in [0.2, 0.25) is 0 Å². The molecule has 0 saturated heterocycles. The Bertz CT molecular complexity index is 324. The van der Waals surface area contributed by atoms with Gasteiger partial charge in [-0.1, -0.05) is 0 Å². The Kier molecular flexibility index (Phi) is 2.46. The quantitative estimate of drug-likeness (QED) is 0.613. The highest BCUT2D eigenvalue weighted by atomic mass is 16.6. The first-order valence-electron chi connectivity index (χ1n) is 3.19. The van der Waals surface area contributed by atoms with Gasteiger partial charge in [-0.3, -0.25) is 9.63 Å². The second kappa shape index (κ2) is 3.55. The van der Waals surface area contributed by atoms with Gasteiger partial charge in [-0.25, -0.2) is 5.48 Å². The van der Waals surface area contributed by atoms with E-state index >= 15 is 0 Å². The predicted molar refractivity (Wildman–Crippen MR) is 40.0 cm³/mol. The molecule has 0 unspecified atom stereocenters. The Balaban J connectivity index is 2.76. The van der Waals surface area contributed by atoms with Crippen molar-refractivity contribution >= 4 is 5.91 Å². The lowest BCUT2D eigenvalue weighted by Crippen LogP contribution is -2.21. The summed E-state index contributed by atoms with van der Waals surface area (Å²) < 4.78 is 0. The summed E-state index contributed by atoms with van der Waals surface area (Å²) in [5.41, 5.74) is 2.84. The van der Waals surface area contributed by atoms with Crippen LogP contribution in [0.2, 0.25) is 0 Å². The van der Waals surface area contributed by atoms with Gasteiger partial charge in [0.25, 0.3) is 5.91 Å². The van der Waals surface area contributed by atoms with Crippen LogP contribution in [-0.4, -0.2) is 18.0 Å². The summed E-state index contributed by atoms with van der Waals surface area (Å²) in [5, 5.41) is 8.42. The number of nitrogens with one attached hydrogen (secondary N) is 2. The number of aromatic amines is 1. The van der Waals surface area contributed by atoms with Crippen LogP contribution in [0, 0.1) is 11.3 Å². The van der Waals surface area contributed by atoms with E-state index in [-0.39, 0.29) is 5.91 Å². The number of nitrogens with zero attached hydrogens (tertiary/aromatic N) is 1. The van der Waals surface area contributed by atoms with Crippen molar-refractivity contribution in [3.8, 4) is 6.07 Å². The molecule has 0 fully saturated rings. The van der Waals surface area contributed by atoms with Crippen molar-refractivity contribution in [1.29, 1.82) is 5.26 Å². The van der Waals surface area contributed by atoms with E-state index < -0.39 is 0 Å². The summed E-state index contributed by atoms with van der Waals surface area (Å²) in [4.78, 5) is 18.0. The van der Waals surface area contributed by atoms with Gasteiger partial charge in [-0.2, -0.15) is 5.26 Å². The predicted octanol–water partition coefficient (Wildman–Crippen LogP) is 0.178. The summed E-state index contributed by atoms with van der Waals surface area (Å²) in [7, 11) is 1.34. The number of rotatable bonds is 2. The molecule has 12 heavy (non-hydrogen) atoms. The fraction of sp³-hybridized carbons (Fsp3) is 0.143. The number of H-pyrrole nitrogens is 1. The van der Waals surface area contributed by atoms with Gasteiger partial charge in [0.1, 0.15) is 11.8 Å². The van der Waals surface area contributed by atoms with Gasteiger partial charge in [0.15, 0.2) is 0 Å². The molecule has 62 valence electrons. The Morgan fingerprint density at radius 3 is 3.08 bits per heavy atom. The van der Waals surface area contributed by atoms with E-state index in [1.165, 1.54) is 19.4 Å². The van der Waals surface area contributed by atoms with Gasteiger partial charge in [0.05, 0.1) is 12.7 Å². The van der Waals surface area contributed by atoms with Crippen molar-refractivity contribution in [3.63, 3.8) is 0 Å². The van der Waals surface area contributed by atoms with Gasteiger partial charge in [-0.15, -0.1) is 0 Å². The monoisotopic (exact) mass is 165 g/mol. The van der Waals surface area contributed by atoms with Gasteiger partial charge in [-0.05, 0) is 6.07 Å². The lowest BCUT2D eigenvalue weighted by Gasteiger charge is -1.96. The SMILES string of the molecule is CONC(=O)c1c[nH]c(C#N)c1. The maximum absolute atomic E-state index is 11.0. The van der Waals surface area contributed by atoms with Crippen LogP contribution in [0.15, 0.2) is 12.3 Å². The largest absolute Gasteiger partial charge is 0.352 e. The Morgan fingerprint density at radius 1 is 1.83 bits per heavy atom. The molecule has 1 amide bonds. The molecular formula is C7H7N3O2. The normalized spacial score (nSPS) is 9.00. The molecule has 0 aliphatic heterocycles. The highest BCUT2D eigenvalue weighted by Crippen LogP contribution is 2.01. The number of hydrogen-bond donors (Lipinski definition) is 2. The van der Waals surface area contributed by atoms with Crippen LogP contribution >= 0.6 is 0 Å². The molecule has 1 aromatic heterocycles. The fourth-order valence-electron chi connectivity index (χ4n) is 0.742. The zero-order chi connectivity index (χ0) is 8.97. The van der Waals surface area contributed by atoms with Gasteiger partial charge < -0.3 is 4.98 Å². The molecular weight excluding hydrogens is 158 g/mol. The highest BCUT2D eigenvalue weighted by molar-refractivity contribution is 5.93. The molecule has 2 N–H and O–H groups in total. The Morgan fingerprint density at radius 2 is 2.58 bits per heavy atom. The highest BCUT2D eigenvalue weighted by Gasteiger charge is 2.06. The van der Waals surface area contributed by atoms with E-state index in [4.69, 9.17) is 5.26 Å². The molecule has 0 spiro atoms. The second-order valence-electron chi connectivity index (χ2n) is 2.05. The third-order valence-electron chi connectivity index (χ3n) is 1.26. The molecule has 0 radical (unpaired) electrons. The van der Waals surface area contributed by atoms with E-state index in [9.17, 15) is 4.79 Å². The van der Waals surface area contributed by atoms with E-state index in [1.54, 1.807) is 0 Å². The molecule has 1 rings (SSSR count). The van der Waals surface area contributed by atoms with Gasteiger partial charge in [0, 0.05) is 6.20 Å². The first-order valence-corrected chi connectivity index (χ1v) is 3.19. The third-order valence-corrected chi connectivity index (χ3v) is 1.26. The molecule has 0 aliphatic rings. The molecule has 1 aromatic rings. The molecule has 5 nitrogen and oxygen atoms in total. The van der Waals surface area contributed by atoms with E-state index in [0.717, 1.165) is 0 Å². The number of amides is 1. The minimum absolute atomic E-state index is 0.344. The standard InChI is InChI=1S/C7H7N3O2/c1-12-10-7(11)5-2-6(3-8)9-4-5/h2,4,9H,1H3,(H,10,11). The Labute approximate surface area is 68.9 Å². The molecule has 5 heteroatoms. The lowest BCUT2D eigenvalue weighted by atomic mass is 10.3. The minimum Gasteiger partial charge on any atom is -0.352 e. The van der Waals surface area contributed by atoms with Crippen LogP contribution in [0.5, 0.6) is 0 Å². The number of carbonyl (C=O) groups is 1. The molecule has 0 aliphatic carbocycles. The van der Waals surface area contributed by atoms with Crippen LogP contribution in [0.25, 0.3) is 0 Å². The average Bonchev–Trinajstić information content (AvgIpc) is 2.52. The maximum atomic E-state index is 11.0. The number of nitriles is 1. The summed E-state index contributed by atoms with van der Waals surface area (Å²) in [5.74, 6) is -0.379. The first kappa shape index (κ1) is 8.30. The van der Waals surface area contributed by atoms with Gasteiger partial charge >= 0.3 is 0 Å². The van der Waals surface area contributed by atoms with Crippen molar-refractivity contribution in [1.82, 2.24) is 10.5 Å². The zero-order valence-corrected chi connectivity index (χ0v) is 6.42. The Hall–Kier alpha value is -1.80. The van der Waals surface area contributed by atoms with E-state index in [2.05, 4.69) is 15.3 Å². The summed E-state index contributed by atoms with van der Waals surface area (Å²) in [6.45, 7) is 0. The number of hydrogen-bond acceptors (Lipinski definition) is 3. The smallest absolute Gasteiger partial charge is 0.276 e. The van der Waals surface area contributed by atoms with E-state index in [1.807, 2.05) is 6.07 Å². The van der Waals surface area contributed by atoms with E-state index in [0.29, 0.717) is 11.3 Å². The fourth-order valence-corrected chi connectivity index (χ4v) is 0.742. The molecule has 0 bridgehead atoms. The number of hydroxylamine groups is 1. The van der Waals surface area contributed by atoms with Crippen molar-refractivity contribution < 1.29 is 9.63 Å². The van der Waals surface area contributed by atoms with Crippen LogP contribution in [0.4, 0.5) is 0 Å². The number of aromatic nitrogens is 1. The summed E-state index contributed by atoms with van der Waals surface area (Å²) >= 11 is 0. The molecule has 0 atom stereocenters. The average molecular weight is 165 g/mol. The molecule has 1 heterocycles. The zero-order valence-electron chi connectivity index (χ0n) is 6.42. The third kappa shape index (κ3) is 1.62. The first-order chi connectivity index (χ1) is 5.77. The summed E-state index contributed by atoms with van der Waals surface area (Å²) in [6, 6.07) is 3.31. The minimum atomic E-state index is -0.379. The van der Waals surface area contributed by atoms with Crippen LogP contribution in [0.3, 0.4) is 0 Å². The molecule has 0 aromatic carbocycles. The van der Waals surface area contributed by atoms with Crippen LogP contribution < -0.4 is 5.48 Å². The number of carbonyl (C=O) groups excluding carboxylic acids is 1. The maximum Gasteiger partial charge on any atom is 0.276 e. The second-order valence-corrected chi connectivity index (χ2v) is 2.05. The lowest BCUT2D eigenvalue weighted by molar-refractivity contribution is 0.0538. The van der Waals surface area contributed by atoms with Crippen molar-refractivity contribution in [2.45, 2.75) is 0 Å². The van der Waals surface area contributed by atoms with Crippen LogP contribution in [0.1, 0.15) is 16.1 Å².